The van der Waals surface area contributed by atoms with Crippen molar-refractivity contribution in [3.05, 3.63) is 157 Å². The van der Waals surface area contributed by atoms with Gasteiger partial charge in [-0.05, 0) is 96.4 Å². The van der Waals surface area contributed by atoms with Crippen LogP contribution in [0.25, 0.3) is 66.1 Å². The van der Waals surface area contributed by atoms with Crippen LogP contribution in [-0.2, 0) is 6.18 Å². The van der Waals surface area contributed by atoms with Crippen LogP contribution in [0.3, 0.4) is 0 Å². The van der Waals surface area contributed by atoms with Gasteiger partial charge < -0.3 is 0 Å². The molecule has 0 atom stereocenters. The molecule has 0 radical (unpaired) electrons. The van der Waals surface area contributed by atoms with E-state index >= 15 is 0 Å². The second-order valence-corrected chi connectivity index (χ2v) is 10.6. The van der Waals surface area contributed by atoms with Crippen LogP contribution in [0.15, 0.2) is 152 Å². The van der Waals surface area contributed by atoms with E-state index in [1.54, 1.807) is 0 Å². The third kappa shape index (κ3) is 5.06. The Kier molecular flexibility index (Phi) is 6.36. The molecule has 0 aliphatic heterocycles. The highest BCUT2D eigenvalue weighted by atomic mass is 19.4. The van der Waals surface area contributed by atoms with Crippen LogP contribution in [0.5, 0.6) is 0 Å². The summed E-state index contributed by atoms with van der Waals surface area (Å²) in [4.78, 5) is 0. The molecule has 0 spiro atoms. The minimum absolute atomic E-state index is 0.639. The maximum absolute atomic E-state index is 12.9. The van der Waals surface area contributed by atoms with Crippen molar-refractivity contribution in [3.8, 4) is 44.5 Å². The molecule has 42 heavy (non-hydrogen) atoms. The second-order valence-electron chi connectivity index (χ2n) is 10.6. The van der Waals surface area contributed by atoms with E-state index in [4.69, 9.17) is 0 Å². The molecule has 202 valence electrons. The van der Waals surface area contributed by atoms with Gasteiger partial charge in [-0.25, -0.2) is 0 Å². The summed E-state index contributed by atoms with van der Waals surface area (Å²) in [5, 5.41) is 4.79. The highest BCUT2D eigenvalue weighted by Gasteiger charge is 2.29. The van der Waals surface area contributed by atoms with Gasteiger partial charge in [-0.3, -0.25) is 0 Å². The number of hydrogen-bond donors (Lipinski definition) is 0. The summed E-state index contributed by atoms with van der Waals surface area (Å²) >= 11 is 0. The van der Waals surface area contributed by atoms with Crippen LogP contribution in [0, 0.1) is 0 Å². The first-order chi connectivity index (χ1) is 20.4. The Morgan fingerprint density at radius 3 is 0.976 bits per heavy atom. The average Bonchev–Trinajstić information content (AvgIpc) is 3.04. The van der Waals surface area contributed by atoms with Crippen molar-refractivity contribution in [2.75, 3.05) is 0 Å². The number of hydrogen-bond acceptors (Lipinski definition) is 0. The number of fused-ring (bicyclic) bond motifs is 2. The lowest BCUT2D eigenvalue weighted by molar-refractivity contribution is -0.137. The van der Waals surface area contributed by atoms with Gasteiger partial charge in [0.05, 0.1) is 5.56 Å². The van der Waals surface area contributed by atoms with Crippen LogP contribution >= 0.6 is 0 Å². The van der Waals surface area contributed by atoms with Gasteiger partial charge >= 0.3 is 6.18 Å². The second kappa shape index (κ2) is 10.4. The topological polar surface area (TPSA) is 0 Å². The molecule has 0 fully saturated rings. The molecule has 0 amide bonds. The van der Waals surface area contributed by atoms with E-state index in [-0.39, 0.29) is 0 Å². The van der Waals surface area contributed by atoms with Crippen LogP contribution in [-0.4, -0.2) is 0 Å². The van der Waals surface area contributed by atoms with Gasteiger partial charge in [-0.1, -0.05) is 121 Å². The number of halogens is 3. The van der Waals surface area contributed by atoms with Crippen molar-refractivity contribution in [2.24, 2.45) is 0 Å². The Bertz CT molecular complexity index is 2030. The maximum Gasteiger partial charge on any atom is 0.416 e. The molecule has 0 aliphatic carbocycles. The van der Waals surface area contributed by atoms with Crippen LogP contribution in [0.1, 0.15) is 5.56 Å². The van der Waals surface area contributed by atoms with Crippen molar-refractivity contribution in [3.63, 3.8) is 0 Å². The van der Waals surface area contributed by atoms with Crippen LogP contribution in [0.2, 0.25) is 0 Å². The molecule has 7 rings (SSSR count). The fraction of sp³-hybridized carbons (Fsp3) is 0.0256. The molecule has 0 saturated heterocycles. The molecule has 0 bridgehead atoms. The first kappa shape index (κ1) is 25.8. The summed E-state index contributed by atoms with van der Waals surface area (Å²) in [6, 6.07) is 49.9. The summed E-state index contributed by atoms with van der Waals surface area (Å²) in [5.41, 5.74) is 7.88. The molecule has 0 nitrogen and oxygen atoms in total. The zero-order valence-electron chi connectivity index (χ0n) is 22.6. The first-order valence-electron chi connectivity index (χ1n) is 13.8. The Morgan fingerprint density at radius 1 is 0.286 bits per heavy atom. The largest absolute Gasteiger partial charge is 0.416 e. The average molecular weight is 551 g/mol. The molecular formula is C39H25F3. The van der Waals surface area contributed by atoms with Crippen LogP contribution < -0.4 is 0 Å². The molecule has 0 aromatic heterocycles. The van der Waals surface area contributed by atoms with E-state index in [1.165, 1.54) is 45.2 Å². The molecule has 0 saturated carbocycles. The van der Waals surface area contributed by atoms with Crippen molar-refractivity contribution in [2.45, 2.75) is 6.18 Å². The van der Waals surface area contributed by atoms with Crippen molar-refractivity contribution in [1.29, 1.82) is 0 Å². The van der Waals surface area contributed by atoms with Gasteiger partial charge in [0.25, 0.3) is 0 Å². The SMILES string of the molecule is FC(F)(F)c1ccc(-c2ccc(-c3ccc4cc(-c5ccc(-c6ccc7ccccc7c6)cc5)ccc4c3)cc2)cc1. The van der Waals surface area contributed by atoms with E-state index in [2.05, 4.69) is 103 Å². The molecule has 7 aromatic rings. The third-order valence-electron chi connectivity index (χ3n) is 7.91. The summed E-state index contributed by atoms with van der Waals surface area (Å²) in [6.07, 6.45) is -4.33. The fourth-order valence-electron chi connectivity index (χ4n) is 5.54. The Labute approximate surface area is 242 Å². The predicted molar refractivity (Wildman–Crippen MR) is 168 cm³/mol. The first-order valence-corrected chi connectivity index (χ1v) is 13.8. The van der Waals surface area contributed by atoms with E-state index < -0.39 is 11.7 Å². The van der Waals surface area contributed by atoms with E-state index in [0.717, 1.165) is 45.2 Å². The summed E-state index contributed by atoms with van der Waals surface area (Å²) in [6.45, 7) is 0. The summed E-state index contributed by atoms with van der Waals surface area (Å²) < 4.78 is 38.7. The lowest BCUT2D eigenvalue weighted by Crippen LogP contribution is -2.03. The van der Waals surface area contributed by atoms with E-state index in [9.17, 15) is 13.2 Å². The normalized spacial score (nSPS) is 11.7. The predicted octanol–water partition coefficient (Wildman–Crippen LogP) is 11.7. The molecule has 7 aromatic carbocycles. The van der Waals surface area contributed by atoms with Gasteiger partial charge in [-0.15, -0.1) is 0 Å². The Morgan fingerprint density at radius 2 is 0.571 bits per heavy atom. The van der Waals surface area contributed by atoms with Crippen molar-refractivity contribution in [1.82, 2.24) is 0 Å². The van der Waals surface area contributed by atoms with Crippen LogP contribution in [0.4, 0.5) is 13.2 Å². The molecular weight excluding hydrogens is 525 g/mol. The molecule has 3 heteroatoms. The standard InChI is InChI=1S/C39H25F3/c40-39(41,42)38-21-19-28(20-22-38)27-5-7-29(8-6-27)34-15-17-37-25-35(16-18-36(37)24-34)31-11-9-30(10-12-31)33-14-13-26-3-1-2-4-32(26)23-33/h1-25H. The molecule has 0 N–H and O–H groups in total. The van der Waals surface area contributed by atoms with Gasteiger partial charge in [0.15, 0.2) is 0 Å². The van der Waals surface area contributed by atoms with Crippen molar-refractivity contribution >= 4 is 21.5 Å². The van der Waals surface area contributed by atoms with E-state index in [0.29, 0.717) is 0 Å². The van der Waals surface area contributed by atoms with Gasteiger partial charge in [0.1, 0.15) is 0 Å². The summed E-state index contributed by atoms with van der Waals surface area (Å²) in [7, 11) is 0. The van der Waals surface area contributed by atoms with Gasteiger partial charge in [0.2, 0.25) is 0 Å². The molecule has 0 unspecified atom stereocenters. The van der Waals surface area contributed by atoms with Crippen molar-refractivity contribution < 1.29 is 13.2 Å². The monoisotopic (exact) mass is 550 g/mol. The lowest BCUT2D eigenvalue weighted by atomic mass is 9.95. The number of benzene rings is 7. The number of rotatable bonds is 4. The zero-order chi connectivity index (χ0) is 28.7. The minimum Gasteiger partial charge on any atom is -0.166 e. The third-order valence-corrected chi connectivity index (χ3v) is 7.91. The smallest absolute Gasteiger partial charge is 0.166 e. The number of alkyl halides is 3. The lowest BCUT2D eigenvalue weighted by Gasteiger charge is -2.10. The maximum atomic E-state index is 12.9. The van der Waals surface area contributed by atoms with Gasteiger partial charge in [0, 0.05) is 0 Å². The quantitative estimate of drug-likeness (QED) is 0.204. The summed E-state index contributed by atoms with van der Waals surface area (Å²) in [5.74, 6) is 0. The zero-order valence-corrected chi connectivity index (χ0v) is 22.6. The van der Waals surface area contributed by atoms with Gasteiger partial charge in [-0.2, -0.15) is 13.2 Å². The molecule has 0 heterocycles. The minimum atomic E-state index is -4.33. The highest BCUT2D eigenvalue weighted by Crippen LogP contribution is 2.33. The Balaban J connectivity index is 1.11. The van der Waals surface area contributed by atoms with E-state index in [1.807, 2.05) is 24.3 Å². The fourth-order valence-corrected chi connectivity index (χ4v) is 5.54. The molecule has 0 aliphatic rings. The Hall–Kier alpha value is -5.15. The highest BCUT2D eigenvalue weighted by molar-refractivity contribution is 5.91.